The van der Waals surface area contributed by atoms with E-state index in [1.165, 1.54) is 38.5 Å². The highest BCUT2D eigenvalue weighted by atomic mass is 16.5. The summed E-state index contributed by atoms with van der Waals surface area (Å²) >= 11 is 0. The van der Waals surface area contributed by atoms with Gasteiger partial charge in [0.15, 0.2) is 0 Å². The number of esters is 1. The van der Waals surface area contributed by atoms with Crippen LogP contribution in [0.15, 0.2) is 12.2 Å². The Morgan fingerprint density at radius 2 is 1.62 bits per heavy atom. The number of hydrogen-bond acceptors (Lipinski definition) is 3. The highest BCUT2D eigenvalue weighted by Crippen LogP contribution is 2.61. The van der Waals surface area contributed by atoms with Gasteiger partial charge in [0.2, 0.25) is 0 Å². The standard InChI is InChI=1S/C18H26O3/c1-12(2)17(20)21-4-3-16(19)11-18-8-13-5-14(9-18)7-15(6-13)10-18/h13-15H,1,3-11H2,2H3. The molecule has 0 radical (unpaired) electrons. The Morgan fingerprint density at radius 1 is 1.10 bits per heavy atom. The van der Waals surface area contributed by atoms with Crippen molar-refractivity contribution in [1.29, 1.82) is 0 Å². The van der Waals surface area contributed by atoms with E-state index < -0.39 is 5.97 Å². The number of ether oxygens (including phenoxy) is 1. The predicted octanol–water partition coefficient (Wildman–Crippen LogP) is 3.67. The van der Waals surface area contributed by atoms with Crippen LogP contribution < -0.4 is 0 Å². The van der Waals surface area contributed by atoms with Crippen LogP contribution in [-0.2, 0) is 14.3 Å². The Bertz CT molecular complexity index is 428. The molecule has 0 amide bonds. The van der Waals surface area contributed by atoms with Crippen molar-refractivity contribution in [3.63, 3.8) is 0 Å². The molecule has 0 aliphatic heterocycles. The lowest BCUT2D eigenvalue weighted by Crippen LogP contribution is -2.46. The van der Waals surface area contributed by atoms with E-state index in [0.29, 0.717) is 23.8 Å². The van der Waals surface area contributed by atoms with Gasteiger partial charge >= 0.3 is 5.97 Å². The van der Waals surface area contributed by atoms with Crippen molar-refractivity contribution in [3.05, 3.63) is 12.2 Å². The fraction of sp³-hybridized carbons (Fsp3) is 0.778. The number of rotatable bonds is 6. The molecule has 0 atom stereocenters. The molecule has 3 nitrogen and oxygen atoms in total. The monoisotopic (exact) mass is 290 g/mol. The van der Waals surface area contributed by atoms with E-state index in [1.54, 1.807) is 6.92 Å². The largest absolute Gasteiger partial charge is 0.462 e. The molecule has 0 saturated heterocycles. The van der Waals surface area contributed by atoms with Gasteiger partial charge in [-0.1, -0.05) is 6.58 Å². The van der Waals surface area contributed by atoms with Crippen LogP contribution in [0.4, 0.5) is 0 Å². The fourth-order valence-corrected chi connectivity index (χ4v) is 5.39. The van der Waals surface area contributed by atoms with Crippen LogP contribution in [0.5, 0.6) is 0 Å². The number of ketones is 1. The van der Waals surface area contributed by atoms with Crippen LogP contribution in [0, 0.1) is 23.2 Å². The molecule has 0 aromatic carbocycles. The van der Waals surface area contributed by atoms with E-state index in [4.69, 9.17) is 4.74 Å². The Hall–Kier alpha value is -1.12. The molecule has 0 aromatic heterocycles. The van der Waals surface area contributed by atoms with Crippen LogP contribution in [0.3, 0.4) is 0 Å². The summed E-state index contributed by atoms with van der Waals surface area (Å²) in [5.74, 6) is 2.52. The maximum absolute atomic E-state index is 12.3. The number of carbonyl (C=O) groups is 2. The topological polar surface area (TPSA) is 43.4 Å². The second kappa shape index (κ2) is 5.58. The zero-order valence-electron chi connectivity index (χ0n) is 13.0. The van der Waals surface area contributed by atoms with Gasteiger partial charge in [0.05, 0.1) is 6.61 Å². The molecule has 3 heteroatoms. The summed E-state index contributed by atoms with van der Waals surface area (Å²) in [5, 5.41) is 0. The third kappa shape index (κ3) is 3.22. The Balaban J connectivity index is 1.49. The molecule has 0 heterocycles. The summed E-state index contributed by atoms with van der Waals surface area (Å²) in [6.45, 7) is 5.37. The number of hydrogen-bond donors (Lipinski definition) is 0. The first-order valence-electron chi connectivity index (χ1n) is 8.30. The summed E-state index contributed by atoms with van der Waals surface area (Å²) in [5.41, 5.74) is 0.688. The van der Waals surface area contributed by atoms with Crippen molar-refractivity contribution in [2.75, 3.05) is 6.61 Å². The molecule has 4 rings (SSSR count). The average Bonchev–Trinajstić information content (AvgIpc) is 2.35. The van der Waals surface area contributed by atoms with Gasteiger partial charge in [-0.25, -0.2) is 4.79 Å². The van der Waals surface area contributed by atoms with Crippen LogP contribution in [0.1, 0.15) is 58.3 Å². The second-order valence-electron chi connectivity index (χ2n) is 7.80. The maximum atomic E-state index is 12.3. The quantitative estimate of drug-likeness (QED) is 0.553. The van der Waals surface area contributed by atoms with Crippen molar-refractivity contribution < 1.29 is 14.3 Å². The second-order valence-corrected chi connectivity index (χ2v) is 7.80. The third-order valence-electron chi connectivity index (χ3n) is 5.70. The number of carbonyl (C=O) groups excluding carboxylic acids is 2. The molecule has 4 fully saturated rings. The lowest BCUT2D eigenvalue weighted by Gasteiger charge is -2.56. The van der Waals surface area contributed by atoms with E-state index in [2.05, 4.69) is 6.58 Å². The molecule has 4 saturated carbocycles. The van der Waals surface area contributed by atoms with Crippen LogP contribution in [0.2, 0.25) is 0 Å². The van der Waals surface area contributed by atoms with Crippen LogP contribution >= 0.6 is 0 Å². The molecular weight excluding hydrogens is 264 g/mol. The van der Waals surface area contributed by atoms with Crippen molar-refractivity contribution >= 4 is 11.8 Å². The molecule has 0 unspecified atom stereocenters. The smallest absolute Gasteiger partial charge is 0.333 e. The lowest BCUT2D eigenvalue weighted by molar-refractivity contribution is -0.140. The molecule has 21 heavy (non-hydrogen) atoms. The summed E-state index contributed by atoms with van der Waals surface area (Å²) in [7, 11) is 0. The highest BCUT2D eigenvalue weighted by molar-refractivity contribution is 5.87. The van der Waals surface area contributed by atoms with Gasteiger partial charge in [-0.05, 0) is 68.6 Å². The van der Waals surface area contributed by atoms with Gasteiger partial charge in [0.25, 0.3) is 0 Å². The van der Waals surface area contributed by atoms with Gasteiger partial charge in [-0.3, -0.25) is 4.79 Å². The normalized spacial score (nSPS) is 36.5. The van der Waals surface area contributed by atoms with Gasteiger partial charge in [0, 0.05) is 18.4 Å². The SMILES string of the molecule is C=C(C)C(=O)OCCC(=O)CC12CC3CC(CC(C3)C1)C2. The molecule has 0 N–H and O–H groups in total. The first-order valence-corrected chi connectivity index (χ1v) is 8.30. The highest BCUT2D eigenvalue weighted by Gasteiger charge is 2.51. The summed E-state index contributed by atoms with van der Waals surface area (Å²) in [6, 6.07) is 0. The first-order chi connectivity index (χ1) is 9.96. The minimum Gasteiger partial charge on any atom is -0.462 e. The molecule has 116 valence electrons. The van der Waals surface area contributed by atoms with E-state index in [1.807, 2.05) is 0 Å². The third-order valence-corrected chi connectivity index (χ3v) is 5.70. The molecule has 4 aliphatic rings. The summed E-state index contributed by atoms with van der Waals surface area (Å²) < 4.78 is 5.04. The van der Waals surface area contributed by atoms with Gasteiger partial charge in [-0.15, -0.1) is 0 Å². The lowest BCUT2D eigenvalue weighted by atomic mass is 9.48. The Labute approximate surface area is 127 Å². The molecule has 4 aliphatic carbocycles. The minimum absolute atomic E-state index is 0.205. The molecule has 0 spiro atoms. The van der Waals surface area contributed by atoms with Crippen molar-refractivity contribution in [1.82, 2.24) is 0 Å². The molecular formula is C18H26O3. The van der Waals surface area contributed by atoms with Crippen LogP contribution in [-0.4, -0.2) is 18.4 Å². The maximum Gasteiger partial charge on any atom is 0.333 e. The Morgan fingerprint density at radius 3 is 2.10 bits per heavy atom. The van der Waals surface area contributed by atoms with Gasteiger partial charge in [0.1, 0.15) is 5.78 Å². The van der Waals surface area contributed by atoms with E-state index in [9.17, 15) is 9.59 Å². The van der Waals surface area contributed by atoms with Gasteiger partial charge < -0.3 is 4.74 Å². The number of Topliss-reactive ketones (excluding diaryl/α,β-unsaturated/α-hetero) is 1. The van der Waals surface area contributed by atoms with E-state index in [-0.39, 0.29) is 12.4 Å². The van der Waals surface area contributed by atoms with Gasteiger partial charge in [-0.2, -0.15) is 0 Å². The predicted molar refractivity (Wildman–Crippen MR) is 80.6 cm³/mol. The van der Waals surface area contributed by atoms with E-state index >= 15 is 0 Å². The minimum atomic E-state index is -0.391. The fourth-order valence-electron chi connectivity index (χ4n) is 5.39. The molecule has 4 bridgehead atoms. The zero-order chi connectivity index (χ0) is 15.0. The zero-order valence-corrected chi connectivity index (χ0v) is 13.0. The van der Waals surface area contributed by atoms with Crippen LogP contribution in [0.25, 0.3) is 0 Å². The van der Waals surface area contributed by atoms with Crippen molar-refractivity contribution in [2.24, 2.45) is 23.2 Å². The Kier molecular flexibility index (Phi) is 3.94. The van der Waals surface area contributed by atoms with Crippen molar-refractivity contribution in [2.45, 2.75) is 58.3 Å². The first kappa shape index (κ1) is 14.8. The average molecular weight is 290 g/mol. The summed E-state index contributed by atoms with van der Waals surface area (Å²) in [4.78, 5) is 23.6. The summed E-state index contributed by atoms with van der Waals surface area (Å²) in [6.07, 6.45) is 9.07. The van der Waals surface area contributed by atoms with Crippen molar-refractivity contribution in [3.8, 4) is 0 Å². The molecule has 0 aromatic rings. The van der Waals surface area contributed by atoms with E-state index in [0.717, 1.165) is 17.8 Å².